The molecule has 0 spiro atoms. The van der Waals surface area contributed by atoms with Gasteiger partial charge in [-0.2, -0.15) is 0 Å². The molecule has 7 heteroatoms. The fourth-order valence-electron chi connectivity index (χ4n) is 2.14. The third-order valence-corrected chi connectivity index (χ3v) is 3.35. The molecule has 1 amide bonds. The Morgan fingerprint density at radius 1 is 1.17 bits per heavy atom. The van der Waals surface area contributed by atoms with Crippen molar-refractivity contribution in [1.29, 1.82) is 0 Å². The van der Waals surface area contributed by atoms with Gasteiger partial charge >= 0.3 is 12.1 Å². The first-order valence-electron chi connectivity index (χ1n) is 7.20. The van der Waals surface area contributed by atoms with Gasteiger partial charge in [-0.05, 0) is 31.2 Å². The van der Waals surface area contributed by atoms with E-state index in [2.05, 4.69) is 4.74 Å². The molecular formula is C17H17FN2O4. The lowest BCUT2D eigenvalue weighted by Crippen LogP contribution is -2.34. The highest BCUT2D eigenvalue weighted by molar-refractivity contribution is 5.97. The van der Waals surface area contributed by atoms with Crippen molar-refractivity contribution in [2.24, 2.45) is 0 Å². The lowest BCUT2D eigenvalue weighted by atomic mass is 10.1. The third-order valence-electron chi connectivity index (χ3n) is 3.35. The maximum atomic E-state index is 13.9. The topological polar surface area (TPSA) is 81.9 Å². The van der Waals surface area contributed by atoms with E-state index in [4.69, 9.17) is 10.5 Å². The van der Waals surface area contributed by atoms with Gasteiger partial charge in [-0.3, -0.25) is 4.90 Å². The molecule has 0 fully saturated rings. The van der Waals surface area contributed by atoms with Crippen molar-refractivity contribution in [1.82, 2.24) is 0 Å². The lowest BCUT2D eigenvalue weighted by Gasteiger charge is -2.21. The van der Waals surface area contributed by atoms with E-state index in [9.17, 15) is 14.0 Å². The molecular weight excluding hydrogens is 315 g/mol. The number of carbonyl (C=O) groups excluding carboxylic acids is 2. The van der Waals surface area contributed by atoms with Gasteiger partial charge in [0, 0.05) is 6.54 Å². The fraction of sp³-hybridized carbons (Fsp3) is 0.176. The Hall–Kier alpha value is -3.09. The van der Waals surface area contributed by atoms with Crippen LogP contribution < -0.4 is 15.4 Å². The first-order chi connectivity index (χ1) is 11.5. The van der Waals surface area contributed by atoms with E-state index in [0.29, 0.717) is 0 Å². The average Bonchev–Trinajstić information content (AvgIpc) is 2.58. The Morgan fingerprint density at radius 3 is 2.50 bits per heavy atom. The Labute approximate surface area is 138 Å². The van der Waals surface area contributed by atoms with E-state index in [1.54, 1.807) is 13.0 Å². The summed E-state index contributed by atoms with van der Waals surface area (Å²) in [6.07, 6.45) is -0.809. The summed E-state index contributed by atoms with van der Waals surface area (Å²) in [4.78, 5) is 25.1. The molecule has 0 radical (unpaired) electrons. The van der Waals surface area contributed by atoms with Crippen LogP contribution in [0.3, 0.4) is 0 Å². The fourth-order valence-corrected chi connectivity index (χ4v) is 2.14. The average molecular weight is 332 g/mol. The zero-order chi connectivity index (χ0) is 17.7. The number of nitrogens with two attached hydrogens (primary N) is 1. The molecule has 0 aliphatic rings. The molecule has 24 heavy (non-hydrogen) atoms. The summed E-state index contributed by atoms with van der Waals surface area (Å²) in [5.74, 6) is -1.20. The van der Waals surface area contributed by atoms with E-state index in [0.717, 1.165) is 4.90 Å². The minimum atomic E-state index is -0.809. The molecule has 126 valence electrons. The van der Waals surface area contributed by atoms with Gasteiger partial charge in [0.15, 0.2) is 5.75 Å². The van der Waals surface area contributed by atoms with Crippen molar-refractivity contribution in [3.63, 3.8) is 0 Å². The summed E-state index contributed by atoms with van der Waals surface area (Å²) in [5, 5.41) is 0. The summed E-state index contributed by atoms with van der Waals surface area (Å²) in [7, 11) is 1.22. The van der Waals surface area contributed by atoms with Gasteiger partial charge in [0.05, 0.1) is 24.0 Å². The molecule has 6 nitrogen and oxygen atoms in total. The molecule has 2 rings (SSSR count). The van der Waals surface area contributed by atoms with Gasteiger partial charge in [0.1, 0.15) is 5.82 Å². The van der Waals surface area contributed by atoms with Gasteiger partial charge in [0.25, 0.3) is 0 Å². The molecule has 0 saturated carbocycles. The van der Waals surface area contributed by atoms with Gasteiger partial charge in [-0.25, -0.2) is 14.0 Å². The van der Waals surface area contributed by atoms with E-state index in [1.807, 2.05) is 0 Å². The summed E-state index contributed by atoms with van der Waals surface area (Å²) in [5.41, 5.74) is 5.99. The molecule has 0 aliphatic carbocycles. The molecule has 0 saturated heterocycles. The monoisotopic (exact) mass is 332 g/mol. The number of methoxy groups -OCH3 is 1. The molecule has 0 heterocycles. The van der Waals surface area contributed by atoms with E-state index in [1.165, 1.54) is 43.5 Å². The van der Waals surface area contributed by atoms with Crippen molar-refractivity contribution < 1.29 is 23.5 Å². The number of hydrogen-bond donors (Lipinski definition) is 1. The lowest BCUT2D eigenvalue weighted by molar-refractivity contribution is 0.0601. The van der Waals surface area contributed by atoms with Crippen LogP contribution in [-0.2, 0) is 4.74 Å². The van der Waals surface area contributed by atoms with Gasteiger partial charge < -0.3 is 15.2 Å². The molecule has 2 aromatic rings. The second-order valence-corrected chi connectivity index (χ2v) is 4.77. The normalized spacial score (nSPS) is 10.1. The van der Waals surface area contributed by atoms with Crippen LogP contribution in [0.25, 0.3) is 0 Å². The highest BCUT2D eigenvalue weighted by atomic mass is 19.1. The van der Waals surface area contributed by atoms with Crippen LogP contribution in [0.2, 0.25) is 0 Å². The number of hydrogen-bond acceptors (Lipinski definition) is 5. The molecule has 0 bridgehead atoms. The van der Waals surface area contributed by atoms with Crippen LogP contribution in [-0.4, -0.2) is 25.7 Å². The second kappa shape index (κ2) is 7.45. The number of halogens is 1. The SMILES string of the molecule is CCN(C(=O)Oc1cccc(C(=O)OC)c1N)c1ccccc1F. The maximum Gasteiger partial charge on any atom is 0.419 e. The minimum absolute atomic E-state index is 0.00214. The minimum Gasteiger partial charge on any atom is -0.465 e. The van der Waals surface area contributed by atoms with Crippen LogP contribution in [0.5, 0.6) is 5.75 Å². The van der Waals surface area contributed by atoms with E-state index < -0.39 is 17.9 Å². The molecule has 0 unspecified atom stereocenters. The van der Waals surface area contributed by atoms with Gasteiger partial charge in [0.2, 0.25) is 0 Å². The van der Waals surface area contributed by atoms with Crippen LogP contribution in [0, 0.1) is 5.82 Å². The molecule has 2 aromatic carbocycles. The largest absolute Gasteiger partial charge is 0.465 e. The summed E-state index contributed by atoms with van der Waals surface area (Å²) >= 11 is 0. The number of amides is 1. The van der Waals surface area contributed by atoms with Crippen molar-refractivity contribution in [2.45, 2.75) is 6.92 Å². The Balaban J connectivity index is 2.29. The number of nitrogens with zero attached hydrogens (tertiary/aromatic N) is 1. The van der Waals surface area contributed by atoms with Crippen LogP contribution in [0.1, 0.15) is 17.3 Å². The zero-order valence-corrected chi connectivity index (χ0v) is 13.3. The number of carbonyl (C=O) groups is 2. The number of esters is 1. The van der Waals surface area contributed by atoms with Crippen molar-refractivity contribution >= 4 is 23.4 Å². The molecule has 0 aromatic heterocycles. The number of anilines is 2. The van der Waals surface area contributed by atoms with Crippen LogP contribution >= 0.6 is 0 Å². The number of para-hydroxylation sites is 2. The predicted molar refractivity (Wildman–Crippen MR) is 87.6 cm³/mol. The first-order valence-corrected chi connectivity index (χ1v) is 7.20. The highest BCUT2D eigenvalue weighted by Gasteiger charge is 2.21. The third kappa shape index (κ3) is 3.45. The number of nitrogen functional groups attached to an aromatic ring is 1. The van der Waals surface area contributed by atoms with Crippen LogP contribution in [0.15, 0.2) is 42.5 Å². The zero-order valence-electron chi connectivity index (χ0n) is 13.3. The maximum absolute atomic E-state index is 13.9. The smallest absolute Gasteiger partial charge is 0.419 e. The number of benzene rings is 2. The van der Waals surface area contributed by atoms with Gasteiger partial charge in [-0.1, -0.05) is 18.2 Å². The predicted octanol–water partition coefficient (Wildman–Crippen LogP) is 3.22. The number of rotatable bonds is 4. The number of ether oxygens (including phenoxy) is 2. The Morgan fingerprint density at radius 2 is 1.88 bits per heavy atom. The quantitative estimate of drug-likeness (QED) is 0.687. The van der Waals surface area contributed by atoms with Crippen molar-refractivity contribution in [3.8, 4) is 5.75 Å². The molecule has 2 N–H and O–H groups in total. The standard InChI is InChI=1S/C17H17FN2O4/c1-3-20(13-9-5-4-8-12(13)18)17(22)24-14-10-6-7-11(15(14)19)16(21)23-2/h4-10H,3,19H2,1-2H3. The second-order valence-electron chi connectivity index (χ2n) is 4.77. The Bertz CT molecular complexity index is 764. The Kier molecular flexibility index (Phi) is 5.36. The molecule has 0 atom stereocenters. The summed E-state index contributed by atoms with van der Waals surface area (Å²) in [6, 6.07) is 10.2. The van der Waals surface area contributed by atoms with E-state index in [-0.39, 0.29) is 29.2 Å². The van der Waals surface area contributed by atoms with Crippen LogP contribution in [0.4, 0.5) is 20.6 Å². The van der Waals surface area contributed by atoms with Crippen molar-refractivity contribution in [3.05, 3.63) is 53.8 Å². The highest BCUT2D eigenvalue weighted by Crippen LogP contribution is 2.27. The molecule has 0 aliphatic heterocycles. The van der Waals surface area contributed by atoms with Gasteiger partial charge in [-0.15, -0.1) is 0 Å². The van der Waals surface area contributed by atoms with Crippen molar-refractivity contribution in [2.75, 3.05) is 24.3 Å². The summed E-state index contributed by atoms with van der Waals surface area (Å²) < 4.78 is 23.7. The first kappa shape index (κ1) is 17.3. The summed E-state index contributed by atoms with van der Waals surface area (Å²) in [6.45, 7) is 1.87. The van der Waals surface area contributed by atoms with E-state index >= 15 is 0 Å².